The zero-order chi connectivity index (χ0) is 21.2. The summed E-state index contributed by atoms with van der Waals surface area (Å²) in [7, 11) is 0. The molecule has 0 fully saturated rings. The Morgan fingerprint density at radius 3 is 2.45 bits per heavy atom. The summed E-state index contributed by atoms with van der Waals surface area (Å²) in [5.74, 6) is -0.552. The monoisotopic (exact) mass is 409 g/mol. The van der Waals surface area contributed by atoms with E-state index in [2.05, 4.69) is 37.9 Å². The smallest absolute Gasteiger partial charge is 0.184 e. The van der Waals surface area contributed by atoms with Gasteiger partial charge in [0.2, 0.25) is 0 Å². The maximum Gasteiger partial charge on any atom is 0.184 e. The molecule has 3 nitrogen and oxygen atoms in total. The van der Waals surface area contributed by atoms with Crippen molar-refractivity contribution >= 4 is 22.8 Å². The van der Waals surface area contributed by atoms with Gasteiger partial charge in [0.05, 0.1) is 4.88 Å². The normalized spacial score (nSPS) is 12.2. The molecular weight excluding hydrogens is 385 g/mol. The van der Waals surface area contributed by atoms with E-state index in [1.165, 1.54) is 35.1 Å². The van der Waals surface area contributed by atoms with E-state index < -0.39 is 5.82 Å². The van der Waals surface area contributed by atoms with Gasteiger partial charge in [0, 0.05) is 22.2 Å². The molecule has 0 amide bonds. The first-order valence-electron chi connectivity index (χ1n) is 9.38. The van der Waals surface area contributed by atoms with Crippen molar-refractivity contribution in [1.82, 2.24) is 0 Å². The number of hydrogen-bond donors (Lipinski definition) is 1. The fraction of sp³-hybridized carbons (Fsp3) is 0.250. The Morgan fingerprint density at radius 1 is 1.14 bits per heavy atom. The third-order valence-corrected chi connectivity index (χ3v) is 5.79. The molecule has 150 valence electrons. The van der Waals surface area contributed by atoms with Crippen LogP contribution in [0.5, 0.6) is 5.75 Å². The van der Waals surface area contributed by atoms with Crippen molar-refractivity contribution in [2.75, 3.05) is 6.54 Å². The van der Waals surface area contributed by atoms with Crippen LogP contribution in [0.25, 0.3) is 10.4 Å². The number of nitrogens with zero attached hydrogens (tertiary/aromatic N) is 1. The van der Waals surface area contributed by atoms with Crippen molar-refractivity contribution < 1.29 is 14.3 Å². The molecule has 0 atom stereocenters. The molecule has 3 aromatic rings. The molecule has 0 aliphatic carbocycles. The van der Waals surface area contributed by atoms with Gasteiger partial charge < -0.3 is 5.11 Å². The maximum atomic E-state index is 13.3. The van der Waals surface area contributed by atoms with Gasteiger partial charge in [-0.15, -0.1) is 11.3 Å². The van der Waals surface area contributed by atoms with Gasteiger partial charge in [-0.25, -0.2) is 4.39 Å². The number of ketones is 1. The summed E-state index contributed by atoms with van der Waals surface area (Å²) >= 11 is 1.44. The number of thiophene rings is 1. The highest BCUT2D eigenvalue weighted by molar-refractivity contribution is 7.14. The van der Waals surface area contributed by atoms with E-state index in [0.717, 1.165) is 10.4 Å². The van der Waals surface area contributed by atoms with Gasteiger partial charge in [0.25, 0.3) is 0 Å². The number of hydrogen-bond acceptors (Lipinski definition) is 4. The average Bonchev–Trinajstić information content (AvgIpc) is 3.06. The lowest BCUT2D eigenvalue weighted by molar-refractivity contribution is 0.100. The van der Waals surface area contributed by atoms with Crippen molar-refractivity contribution in [1.29, 1.82) is 0 Å². The maximum absolute atomic E-state index is 13.3. The standard InChI is InChI=1S/C24H24FNO2S/c1-15(26-13-21(27)17-6-5-7-19(25)12-17)20-14-29-23(22(20)28)16-8-10-18(11-9-16)24(2,3)4/h5-12,14,28H,13H2,1-4H3. The summed E-state index contributed by atoms with van der Waals surface area (Å²) in [6.07, 6.45) is 0. The number of rotatable bonds is 5. The minimum atomic E-state index is -0.450. The van der Waals surface area contributed by atoms with Crippen molar-refractivity contribution in [2.24, 2.45) is 4.99 Å². The van der Waals surface area contributed by atoms with Crippen LogP contribution in [0.2, 0.25) is 0 Å². The molecule has 0 radical (unpaired) electrons. The zero-order valence-electron chi connectivity index (χ0n) is 17.0. The van der Waals surface area contributed by atoms with E-state index in [1.807, 2.05) is 17.5 Å². The number of aliphatic imine (C=N–C) groups is 1. The SMILES string of the molecule is CC(=NCC(=O)c1cccc(F)c1)c1csc(-c2ccc(C(C)(C)C)cc2)c1O. The Bertz CT molecular complexity index is 1060. The van der Waals surface area contributed by atoms with Gasteiger partial charge in [-0.3, -0.25) is 9.79 Å². The number of Topliss-reactive ketones (excluding diaryl/α,β-unsaturated/α-hetero) is 1. The van der Waals surface area contributed by atoms with Crippen molar-refractivity contribution in [2.45, 2.75) is 33.1 Å². The van der Waals surface area contributed by atoms with Crippen molar-refractivity contribution in [3.05, 3.63) is 76.4 Å². The molecule has 0 bridgehead atoms. The molecule has 0 spiro atoms. The molecule has 0 saturated heterocycles. The highest BCUT2D eigenvalue weighted by Crippen LogP contribution is 2.39. The lowest BCUT2D eigenvalue weighted by atomic mass is 9.86. The third kappa shape index (κ3) is 4.80. The molecule has 1 heterocycles. The summed E-state index contributed by atoms with van der Waals surface area (Å²) in [6.45, 7) is 8.14. The van der Waals surface area contributed by atoms with E-state index in [9.17, 15) is 14.3 Å². The highest BCUT2D eigenvalue weighted by atomic mass is 32.1. The molecule has 1 aromatic heterocycles. The quantitative estimate of drug-likeness (QED) is 0.400. The van der Waals surface area contributed by atoms with Gasteiger partial charge in [0.1, 0.15) is 18.1 Å². The summed E-state index contributed by atoms with van der Waals surface area (Å²) < 4.78 is 13.3. The third-order valence-electron chi connectivity index (χ3n) is 4.77. The predicted molar refractivity (Wildman–Crippen MR) is 118 cm³/mol. The molecule has 0 aliphatic heterocycles. The van der Waals surface area contributed by atoms with Crippen LogP contribution < -0.4 is 0 Å². The zero-order valence-corrected chi connectivity index (χ0v) is 17.8. The molecule has 29 heavy (non-hydrogen) atoms. The van der Waals surface area contributed by atoms with Gasteiger partial charge in [-0.1, -0.05) is 57.2 Å². The largest absolute Gasteiger partial charge is 0.506 e. The Morgan fingerprint density at radius 2 is 1.83 bits per heavy atom. The van der Waals surface area contributed by atoms with Gasteiger partial charge in [-0.2, -0.15) is 0 Å². The Kier molecular flexibility index (Phi) is 5.99. The van der Waals surface area contributed by atoms with E-state index >= 15 is 0 Å². The average molecular weight is 410 g/mol. The van der Waals surface area contributed by atoms with Crippen LogP contribution in [0.1, 0.15) is 49.2 Å². The van der Waals surface area contributed by atoms with Crippen LogP contribution in [-0.4, -0.2) is 23.1 Å². The topological polar surface area (TPSA) is 49.7 Å². The van der Waals surface area contributed by atoms with E-state index in [4.69, 9.17) is 0 Å². The second-order valence-corrected chi connectivity index (χ2v) is 8.87. The minimum Gasteiger partial charge on any atom is -0.506 e. The second-order valence-electron chi connectivity index (χ2n) is 7.99. The van der Waals surface area contributed by atoms with Gasteiger partial charge in [0.15, 0.2) is 5.78 Å². The van der Waals surface area contributed by atoms with E-state index in [1.54, 1.807) is 13.0 Å². The molecule has 5 heteroatoms. The summed E-state index contributed by atoms with van der Waals surface area (Å²) in [4.78, 5) is 17.3. The predicted octanol–water partition coefficient (Wildman–Crippen LogP) is 6.25. The molecule has 3 rings (SSSR count). The molecule has 0 aliphatic rings. The number of carbonyl (C=O) groups excluding carboxylic acids is 1. The Labute approximate surface area is 174 Å². The highest BCUT2D eigenvalue weighted by Gasteiger charge is 2.17. The lowest BCUT2D eigenvalue weighted by Gasteiger charge is -2.19. The van der Waals surface area contributed by atoms with Crippen molar-refractivity contribution in [3.63, 3.8) is 0 Å². The van der Waals surface area contributed by atoms with Crippen LogP contribution in [0.15, 0.2) is 58.9 Å². The number of benzene rings is 2. The summed E-state index contributed by atoms with van der Waals surface area (Å²) in [5.41, 5.74) is 3.70. The van der Waals surface area contributed by atoms with Crippen LogP contribution in [0, 0.1) is 5.82 Å². The Hall–Kier alpha value is -2.79. The Balaban J connectivity index is 1.79. The fourth-order valence-corrected chi connectivity index (χ4v) is 3.98. The number of halogens is 1. The molecule has 0 saturated carbocycles. The van der Waals surface area contributed by atoms with Crippen molar-refractivity contribution in [3.8, 4) is 16.2 Å². The first-order valence-corrected chi connectivity index (χ1v) is 10.3. The van der Waals surface area contributed by atoms with Crippen LogP contribution >= 0.6 is 11.3 Å². The van der Waals surface area contributed by atoms with Crippen LogP contribution in [-0.2, 0) is 5.41 Å². The summed E-state index contributed by atoms with van der Waals surface area (Å²) in [6, 6.07) is 13.7. The van der Waals surface area contributed by atoms with E-state index in [0.29, 0.717) is 11.3 Å². The second kappa shape index (κ2) is 8.29. The molecular formula is C24H24FNO2S. The van der Waals surface area contributed by atoms with Gasteiger partial charge >= 0.3 is 0 Å². The van der Waals surface area contributed by atoms with Crippen LogP contribution in [0.3, 0.4) is 0 Å². The van der Waals surface area contributed by atoms with E-state index in [-0.39, 0.29) is 29.1 Å². The lowest BCUT2D eigenvalue weighted by Crippen LogP contribution is -2.10. The first kappa shape index (κ1) is 20.9. The number of carbonyl (C=O) groups is 1. The van der Waals surface area contributed by atoms with Gasteiger partial charge in [-0.05, 0) is 35.6 Å². The fourth-order valence-electron chi connectivity index (χ4n) is 2.96. The molecule has 0 unspecified atom stereocenters. The summed E-state index contributed by atoms with van der Waals surface area (Å²) in [5, 5.41) is 12.5. The minimum absolute atomic E-state index is 0.0681. The van der Waals surface area contributed by atoms with Crippen LogP contribution in [0.4, 0.5) is 4.39 Å². The molecule has 2 aromatic carbocycles. The first-order chi connectivity index (χ1) is 13.7. The molecule has 1 N–H and O–H groups in total. The number of aromatic hydroxyl groups is 1.